The Labute approximate surface area is 260 Å². The van der Waals surface area contributed by atoms with E-state index in [0.717, 1.165) is 6.42 Å². The lowest BCUT2D eigenvalue weighted by Gasteiger charge is -2.30. The highest BCUT2D eigenvalue weighted by Crippen LogP contribution is 2.21. The highest BCUT2D eigenvalue weighted by molar-refractivity contribution is 5.98. The van der Waals surface area contributed by atoms with E-state index in [-0.39, 0.29) is 18.9 Å². The van der Waals surface area contributed by atoms with Crippen molar-refractivity contribution in [3.05, 3.63) is 0 Å². The van der Waals surface area contributed by atoms with E-state index in [9.17, 15) is 24.0 Å². The Balaban J connectivity index is 2.49. The van der Waals surface area contributed by atoms with Gasteiger partial charge in [-0.1, -0.05) is 19.8 Å². The molecule has 2 rings (SSSR count). The lowest BCUT2D eigenvalue weighted by Crippen LogP contribution is -2.57. The van der Waals surface area contributed by atoms with Crippen LogP contribution in [0.3, 0.4) is 0 Å². The Bertz CT molecular complexity index is 990. The molecule has 5 atom stereocenters. The summed E-state index contributed by atoms with van der Waals surface area (Å²) < 4.78 is 0. The van der Waals surface area contributed by atoms with Crippen molar-refractivity contribution in [3.8, 4) is 0 Å². The van der Waals surface area contributed by atoms with E-state index in [1.807, 2.05) is 6.92 Å². The van der Waals surface area contributed by atoms with Crippen LogP contribution in [0.4, 0.5) is 0 Å². The summed E-state index contributed by atoms with van der Waals surface area (Å²) in [6.45, 7) is 3.41. The van der Waals surface area contributed by atoms with Crippen molar-refractivity contribution >= 4 is 35.5 Å². The van der Waals surface area contributed by atoms with Gasteiger partial charge in [0.15, 0.2) is 5.96 Å². The summed E-state index contributed by atoms with van der Waals surface area (Å²) in [7, 11) is 0. The first-order valence-electron chi connectivity index (χ1n) is 16.1. The second kappa shape index (κ2) is 19.7. The van der Waals surface area contributed by atoms with Gasteiger partial charge in [-0.25, -0.2) is 0 Å². The van der Waals surface area contributed by atoms with Gasteiger partial charge in [0.05, 0.1) is 0 Å². The minimum Gasteiger partial charge on any atom is -0.370 e. The highest BCUT2D eigenvalue weighted by atomic mass is 16.2. The van der Waals surface area contributed by atoms with E-state index in [0.29, 0.717) is 90.3 Å². The second-order valence-corrected chi connectivity index (χ2v) is 11.6. The maximum atomic E-state index is 13.9. The number of unbranched alkanes of at least 4 members (excludes halogenated alkanes) is 3. The zero-order valence-electron chi connectivity index (χ0n) is 26.2. The number of hydrogen-bond acceptors (Lipinski definition) is 8. The molecule has 2 fully saturated rings. The molecule has 44 heavy (non-hydrogen) atoms. The predicted molar refractivity (Wildman–Crippen MR) is 168 cm³/mol. The SMILES string of the molecule is CCCC[C@@H]1NC(=O)[C@H]2CCCN2C(=O)[C@H](CCCN=C(N)N)NC(=O)[C@H](CCCCN)NC(=O)[C@H](CCCCN)NC1=O. The third-order valence-corrected chi connectivity index (χ3v) is 8.04. The maximum absolute atomic E-state index is 13.9. The fourth-order valence-corrected chi connectivity index (χ4v) is 5.55. The second-order valence-electron chi connectivity index (χ2n) is 11.6. The van der Waals surface area contributed by atoms with Crippen LogP contribution in [0, 0.1) is 0 Å². The molecule has 0 aromatic carbocycles. The summed E-state index contributed by atoms with van der Waals surface area (Å²) in [6.07, 6.45) is 6.52. The molecule has 12 N–H and O–H groups in total. The van der Waals surface area contributed by atoms with Crippen LogP contribution in [-0.4, -0.2) is 96.8 Å². The minimum atomic E-state index is -0.972. The number of fused-ring (bicyclic) bond motifs is 1. The van der Waals surface area contributed by atoms with Crippen molar-refractivity contribution in [1.82, 2.24) is 26.2 Å². The van der Waals surface area contributed by atoms with Gasteiger partial charge in [0, 0.05) is 13.1 Å². The number of carbonyl (C=O) groups excluding carboxylic acids is 5. The topological polar surface area (TPSA) is 253 Å². The first-order chi connectivity index (χ1) is 21.1. The van der Waals surface area contributed by atoms with Gasteiger partial charge in [-0.15, -0.1) is 0 Å². The molecule has 0 bridgehead atoms. The third kappa shape index (κ3) is 11.9. The summed E-state index contributed by atoms with van der Waals surface area (Å²) in [5, 5.41) is 11.3. The molecule has 250 valence electrons. The van der Waals surface area contributed by atoms with Crippen molar-refractivity contribution in [2.45, 2.75) is 121 Å². The van der Waals surface area contributed by atoms with Crippen molar-refractivity contribution in [2.75, 3.05) is 26.2 Å². The molecule has 2 heterocycles. The summed E-state index contributed by atoms with van der Waals surface area (Å²) >= 11 is 0. The first kappa shape index (κ1) is 36.7. The van der Waals surface area contributed by atoms with E-state index in [2.05, 4.69) is 26.3 Å². The number of nitrogens with one attached hydrogen (secondary N) is 4. The van der Waals surface area contributed by atoms with Crippen LogP contribution in [0.15, 0.2) is 4.99 Å². The summed E-state index contributed by atoms with van der Waals surface area (Å²) in [4.78, 5) is 73.6. The molecule has 0 aromatic rings. The number of nitrogens with two attached hydrogens (primary N) is 4. The first-order valence-corrected chi connectivity index (χ1v) is 16.1. The molecule has 0 aliphatic carbocycles. The predicted octanol–water partition coefficient (Wildman–Crippen LogP) is -1.57. The molecular formula is C29H54N10O5. The van der Waals surface area contributed by atoms with Crippen LogP contribution < -0.4 is 44.2 Å². The highest BCUT2D eigenvalue weighted by Gasteiger charge is 2.40. The number of rotatable bonds is 15. The number of amides is 5. The number of guanidine groups is 1. The van der Waals surface area contributed by atoms with E-state index >= 15 is 0 Å². The van der Waals surface area contributed by atoms with Crippen LogP contribution in [0.2, 0.25) is 0 Å². The number of hydrogen-bond donors (Lipinski definition) is 8. The Kier molecular flexibility index (Phi) is 16.5. The van der Waals surface area contributed by atoms with Crippen LogP contribution in [0.1, 0.15) is 90.4 Å². The molecule has 15 heteroatoms. The largest absolute Gasteiger partial charge is 0.370 e. The fraction of sp³-hybridized carbons (Fsp3) is 0.793. The average molecular weight is 623 g/mol. The molecule has 2 aliphatic rings. The minimum absolute atomic E-state index is 0.0804. The lowest BCUT2D eigenvalue weighted by molar-refractivity contribution is -0.142. The number of nitrogens with zero attached hydrogens (tertiary/aromatic N) is 2. The smallest absolute Gasteiger partial charge is 0.245 e. The van der Waals surface area contributed by atoms with Gasteiger partial charge in [0.2, 0.25) is 29.5 Å². The molecule has 0 saturated carbocycles. The lowest BCUT2D eigenvalue weighted by atomic mass is 10.0. The van der Waals surface area contributed by atoms with Crippen molar-refractivity contribution in [1.29, 1.82) is 0 Å². The Morgan fingerprint density at radius 3 is 1.68 bits per heavy atom. The average Bonchev–Trinajstić information content (AvgIpc) is 3.49. The molecule has 15 nitrogen and oxygen atoms in total. The van der Waals surface area contributed by atoms with E-state index < -0.39 is 59.7 Å². The summed E-state index contributed by atoms with van der Waals surface area (Å²) in [6, 6.07) is -4.55. The molecular weight excluding hydrogens is 568 g/mol. The Hall–Kier alpha value is -3.46. The van der Waals surface area contributed by atoms with Gasteiger partial charge in [0.1, 0.15) is 30.2 Å². The van der Waals surface area contributed by atoms with Crippen LogP contribution in [-0.2, 0) is 24.0 Å². The third-order valence-electron chi connectivity index (χ3n) is 8.04. The van der Waals surface area contributed by atoms with Crippen LogP contribution in [0.25, 0.3) is 0 Å². The van der Waals surface area contributed by atoms with Crippen molar-refractivity contribution in [3.63, 3.8) is 0 Å². The molecule has 2 aliphatic heterocycles. The van der Waals surface area contributed by atoms with E-state index in [1.54, 1.807) is 0 Å². The Morgan fingerprint density at radius 1 is 0.705 bits per heavy atom. The molecule has 0 unspecified atom stereocenters. The zero-order valence-corrected chi connectivity index (χ0v) is 26.2. The molecule has 5 amide bonds. The number of carbonyl (C=O) groups is 5. The molecule has 2 saturated heterocycles. The van der Waals surface area contributed by atoms with Crippen LogP contribution in [0.5, 0.6) is 0 Å². The van der Waals surface area contributed by atoms with Gasteiger partial charge in [-0.3, -0.25) is 29.0 Å². The van der Waals surface area contributed by atoms with Gasteiger partial charge in [-0.2, -0.15) is 0 Å². The zero-order chi connectivity index (χ0) is 32.5. The van der Waals surface area contributed by atoms with Gasteiger partial charge >= 0.3 is 0 Å². The normalized spacial score (nSPS) is 25.2. The van der Waals surface area contributed by atoms with E-state index in [4.69, 9.17) is 22.9 Å². The maximum Gasteiger partial charge on any atom is 0.245 e. The summed E-state index contributed by atoms with van der Waals surface area (Å²) in [5.74, 6) is -2.45. The van der Waals surface area contributed by atoms with Crippen LogP contribution >= 0.6 is 0 Å². The molecule has 0 aromatic heterocycles. The fourth-order valence-electron chi connectivity index (χ4n) is 5.55. The van der Waals surface area contributed by atoms with Gasteiger partial charge < -0.3 is 49.1 Å². The quantitative estimate of drug-likeness (QED) is 0.0596. The van der Waals surface area contributed by atoms with Crippen molar-refractivity contribution in [2.24, 2.45) is 27.9 Å². The summed E-state index contributed by atoms with van der Waals surface area (Å²) in [5.41, 5.74) is 22.2. The number of aliphatic imine (C=N–C) groups is 1. The van der Waals surface area contributed by atoms with Gasteiger partial charge in [0.25, 0.3) is 0 Å². The molecule has 0 radical (unpaired) electrons. The Morgan fingerprint density at radius 2 is 1.18 bits per heavy atom. The molecule has 0 spiro atoms. The standard InChI is InChI=1S/C29H54N10O5/c1-2-3-10-19-24(40)35-20(11-4-6-15-30)25(41)36-21(12-5-7-16-31)26(42)38-22(13-8-17-34-29(32)33)28(44)39-18-9-14-23(39)27(43)37-19/h19-23H,2-18,30-31H2,1H3,(H,35,40)(H,36,41)(H,37,43)(H,38,42)(H4,32,33,34)/t19-,20-,21-,22-,23+/m0/s1. The van der Waals surface area contributed by atoms with Gasteiger partial charge in [-0.05, 0) is 83.7 Å². The van der Waals surface area contributed by atoms with Crippen molar-refractivity contribution < 1.29 is 24.0 Å². The monoisotopic (exact) mass is 622 g/mol. The van der Waals surface area contributed by atoms with E-state index in [1.165, 1.54) is 4.90 Å².